The summed E-state index contributed by atoms with van der Waals surface area (Å²) in [6.07, 6.45) is 3.62. The van der Waals surface area contributed by atoms with Gasteiger partial charge in [0.05, 0.1) is 5.69 Å². The van der Waals surface area contributed by atoms with E-state index in [2.05, 4.69) is 20.5 Å². The van der Waals surface area contributed by atoms with E-state index >= 15 is 0 Å². The third-order valence-electron chi connectivity index (χ3n) is 3.02. The number of aromatic nitrogens is 5. The van der Waals surface area contributed by atoms with Gasteiger partial charge in [-0.2, -0.15) is 4.98 Å². The molecule has 0 spiro atoms. The molecule has 3 rings (SSSR count). The monoisotopic (exact) mass is 284 g/mol. The van der Waals surface area contributed by atoms with Gasteiger partial charge in [0.25, 0.3) is 5.89 Å². The Morgan fingerprint density at radius 3 is 2.86 bits per heavy atom. The molecule has 0 atom stereocenters. The highest BCUT2D eigenvalue weighted by atomic mass is 16.5. The summed E-state index contributed by atoms with van der Waals surface area (Å²) in [5.41, 5.74) is 7.30. The molecule has 7 heteroatoms. The summed E-state index contributed by atoms with van der Waals surface area (Å²) in [5.74, 6) is 1.08. The fourth-order valence-corrected chi connectivity index (χ4v) is 1.97. The van der Waals surface area contributed by atoms with Crippen molar-refractivity contribution in [3.8, 4) is 11.5 Å². The van der Waals surface area contributed by atoms with Gasteiger partial charge in [-0.05, 0) is 31.5 Å². The summed E-state index contributed by atoms with van der Waals surface area (Å²) in [7, 11) is 0. The second-order valence-electron chi connectivity index (χ2n) is 4.68. The second kappa shape index (κ2) is 6.27. The van der Waals surface area contributed by atoms with Crippen molar-refractivity contribution in [3.05, 3.63) is 48.0 Å². The smallest absolute Gasteiger partial charge is 0.257 e. The van der Waals surface area contributed by atoms with Crippen LogP contribution in [-0.4, -0.2) is 31.7 Å². The normalized spacial score (nSPS) is 10.9. The molecule has 0 bridgehead atoms. The summed E-state index contributed by atoms with van der Waals surface area (Å²) < 4.78 is 6.96. The maximum atomic E-state index is 5.48. The third kappa shape index (κ3) is 3.32. The zero-order valence-electron chi connectivity index (χ0n) is 11.5. The molecule has 0 aliphatic carbocycles. The molecular formula is C14H16N6O. The van der Waals surface area contributed by atoms with Crippen molar-refractivity contribution in [1.82, 2.24) is 25.1 Å². The van der Waals surface area contributed by atoms with Crippen LogP contribution >= 0.6 is 0 Å². The average Bonchev–Trinajstić information content (AvgIpc) is 3.16. The van der Waals surface area contributed by atoms with Gasteiger partial charge in [0, 0.05) is 11.8 Å². The highest BCUT2D eigenvalue weighted by Crippen LogP contribution is 2.16. The van der Waals surface area contributed by atoms with Crippen LogP contribution in [0.1, 0.15) is 17.9 Å². The van der Waals surface area contributed by atoms with Crippen LogP contribution in [0.25, 0.3) is 11.5 Å². The first-order valence-electron chi connectivity index (χ1n) is 6.82. The molecule has 0 amide bonds. The van der Waals surface area contributed by atoms with E-state index in [1.54, 1.807) is 4.68 Å². The fourth-order valence-electron chi connectivity index (χ4n) is 1.97. The lowest BCUT2D eigenvalue weighted by Gasteiger charge is -1.93. The van der Waals surface area contributed by atoms with E-state index in [4.69, 9.17) is 10.3 Å². The number of nitrogens with two attached hydrogens (primary N) is 1. The molecule has 2 N–H and O–H groups in total. The van der Waals surface area contributed by atoms with Crippen LogP contribution in [0.2, 0.25) is 0 Å². The topological polar surface area (TPSA) is 95.7 Å². The van der Waals surface area contributed by atoms with E-state index in [1.165, 1.54) is 0 Å². The molecule has 0 aliphatic heterocycles. The SMILES string of the molecule is NCCCc1cn(Cc2noc(-c3ccccc3)n2)nn1. The van der Waals surface area contributed by atoms with Crippen molar-refractivity contribution in [2.45, 2.75) is 19.4 Å². The van der Waals surface area contributed by atoms with Crippen LogP contribution in [0, 0.1) is 0 Å². The van der Waals surface area contributed by atoms with Gasteiger partial charge in [-0.3, -0.25) is 0 Å². The van der Waals surface area contributed by atoms with Crippen LogP contribution in [0.4, 0.5) is 0 Å². The molecule has 0 radical (unpaired) electrons. The van der Waals surface area contributed by atoms with Crippen molar-refractivity contribution in [2.24, 2.45) is 5.73 Å². The van der Waals surface area contributed by atoms with Gasteiger partial charge >= 0.3 is 0 Å². The molecule has 0 saturated carbocycles. The van der Waals surface area contributed by atoms with E-state index in [1.807, 2.05) is 36.5 Å². The van der Waals surface area contributed by atoms with Crippen molar-refractivity contribution >= 4 is 0 Å². The third-order valence-corrected chi connectivity index (χ3v) is 3.02. The molecule has 0 fully saturated rings. The quantitative estimate of drug-likeness (QED) is 0.732. The van der Waals surface area contributed by atoms with E-state index in [0.29, 0.717) is 24.8 Å². The number of rotatable bonds is 6. The molecule has 1 aromatic carbocycles. The number of nitrogens with zero attached hydrogens (tertiary/aromatic N) is 5. The minimum absolute atomic E-state index is 0.436. The molecule has 21 heavy (non-hydrogen) atoms. The summed E-state index contributed by atoms with van der Waals surface area (Å²) in [6, 6.07) is 9.66. The van der Waals surface area contributed by atoms with E-state index in [0.717, 1.165) is 24.1 Å². The van der Waals surface area contributed by atoms with Crippen molar-refractivity contribution < 1.29 is 4.52 Å². The first-order chi connectivity index (χ1) is 10.3. The minimum Gasteiger partial charge on any atom is -0.334 e. The number of hydrogen-bond donors (Lipinski definition) is 1. The first kappa shape index (κ1) is 13.4. The summed E-state index contributed by atoms with van der Waals surface area (Å²) in [6.45, 7) is 1.09. The molecular weight excluding hydrogens is 268 g/mol. The molecule has 2 aromatic heterocycles. The standard InChI is InChI=1S/C14H16N6O/c15-8-4-7-12-9-20(19-17-12)10-13-16-14(21-18-13)11-5-2-1-3-6-11/h1-3,5-6,9H,4,7-8,10,15H2. The number of hydrogen-bond acceptors (Lipinski definition) is 6. The van der Waals surface area contributed by atoms with Gasteiger partial charge in [0.1, 0.15) is 6.54 Å². The average molecular weight is 284 g/mol. The van der Waals surface area contributed by atoms with Crippen molar-refractivity contribution in [2.75, 3.05) is 6.54 Å². The summed E-state index contributed by atoms with van der Waals surface area (Å²) in [5, 5.41) is 12.1. The highest BCUT2D eigenvalue weighted by molar-refractivity contribution is 5.51. The van der Waals surface area contributed by atoms with Crippen molar-refractivity contribution in [1.29, 1.82) is 0 Å². The van der Waals surface area contributed by atoms with Crippen LogP contribution in [0.5, 0.6) is 0 Å². The Morgan fingerprint density at radius 2 is 2.05 bits per heavy atom. The predicted molar refractivity (Wildman–Crippen MR) is 76.2 cm³/mol. The van der Waals surface area contributed by atoms with Gasteiger partial charge in [-0.15, -0.1) is 5.10 Å². The number of aryl methyl sites for hydroxylation is 1. The van der Waals surface area contributed by atoms with Crippen LogP contribution < -0.4 is 5.73 Å². The van der Waals surface area contributed by atoms with Gasteiger partial charge in [-0.1, -0.05) is 28.6 Å². The Balaban J connectivity index is 1.68. The minimum atomic E-state index is 0.436. The van der Waals surface area contributed by atoms with E-state index in [9.17, 15) is 0 Å². The van der Waals surface area contributed by atoms with Crippen LogP contribution in [0.15, 0.2) is 41.1 Å². The lowest BCUT2D eigenvalue weighted by Crippen LogP contribution is -2.02. The molecule has 2 heterocycles. The van der Waals surface area contributed by atoms with E-state index in [-0.39, 0.29) is 0 Å². The van der Waals surface area contributed by atoms with E-state index < -0.39 is 0 Å². The molecule has 3 aromatic rings. The Labute approximate surface area is 121 Å². The molecule has 0 saturated heterocycles. The van der Waals surface area contributed by atoms with Crippen LogP contribution in [-0.2, 0) is 13.0 Å². The summed E-state index contributed by atoms with van der Waals surface area (Å²) in [4.78, 5) is 4.36. The second-order valence-corrected chi connectivity index (χ2v) is 4.68. The predicted octanol–water partition coefficient (Wildman–Crippen LogP) is 1.27. The Morgan fingerprint density at radius 1 is 1.19 bits per heavy atom. The van der Waals surface area contributed by atoms with Gasteiger partial charge in [0.2, 0.25) is 0 Å². The lowest BCUT2D eigenvalue weighted by molar-refractivity contribution is 0.418. The van der Waals surface area contributed by atoms with Gasteiger partial charge in [-0.25, -0.2) is 4.68 Å². The largest absolute Gasteiger partial charge is 0.334 e. The molecule has 108 valence electrons. The molecule has 0 unspecified atom stereocenters. The molecule has 7 nitrogen and oxygen atoms in total. The summed E-state index contributed by atoms with van der Waals surface area (Å²) >= 11 is 0. The number of benzene rings is 1. The van der Waals surface area contributed by atoms with Gasteiger partial charge in [0.15, 0.2) is 5.82 Å². The maximum absolute atomic E-state index is 5.48. The first-order valence-corrected chi connectivity index (χ1v) is 6.82. The van der Waals surface area contributed by atoms with Crippen LogP contribution in [0.3, 0.4) is 0 Å². The highest BCUT2D eigenvalue weighted by Gasteiger charge is 2.09. The zero-order chi connectivity index (χ0) is 14.5. The Bertz CT molecular complexity index is 690. The Kier molecular flexibility index (Phi) is 4.02. The lowest BCUT2D eigenvalue weighted by atomic mass is 10.2. The maximum Gasteiger partial charge on any atom is 0.257 e. The Hall–Kier alpha value is -2.54. The van der Waals surface area contributed by atoms with Crippen molar-refractivity contribution in [3.63, 3.8) is 0 Å². The fraction of sp³-hybridized carbons (Fsp3) is 0.286. The zero-order valence-corrected chi connectivity index (χ0v) is 11.5. The molecule has 0 aliphatic rings. The van der Waals surface area contributed by atoms with Gasteiger partial charge < -0.3 is 10.3 Å².